The van der Waals surface area contributed by atoms with Gasteiger partial charge in [-0.2, -0.15) is 0 Å². The van der Waals surface area contributed by atoms with Crippen molar-refractivity contribution in [2.45, 2.75) is 33.1 Å². The third-order valence-corrected chi connectivity index (χ3v) is 2.96. The molecule has 1 aromatic heterocycles. The lowest BCUT2D eigenvalue weighted by Crippen LogP contribution is -2.10. The van der Waals surface area contributed by atoms with Gasteiger partial charge in [-0.05, 0) is 17.9 Å². The average Bonchev–Trinajstić information content (AvgIpc) is 2.77. The van der Waals surface area contributed by atoms with Crippen molar-refractivity contribution in [3.05, 3.63) is 41.6 Å². The summed E-state index contributed by atoms with van der Waals surface area (Å²) in [6.07, 6.45) is 1.47. The molecule has 2 aromatic rings. The summed E-state index contributed by atoms with van der Waals surface area (Å²) >= 11 is 0. The summed E-state index contributed by atoms with van der Waals surface area (Å²) < 4.78 is 5.17. The van der Waals surface area contributed by atoms with Crippen molar-refractivity contribution in [1.29, 1.82) is 0 Å². The van der Waals surface area contributed by atoms with E-state index in [1.165, 1.54) is 18.7 Å². The predicted molar refractivity (Wildman–Crippen MR) is 70.6 cm³/mol. The number of nitrogens with zero attached hydrogens (tertiary/aromatic N) is 1. The van der Waals surface area contributed by atoms with Crippen LogP contribution in [0.2, 0.25) is 0 Å². The van der Waals surface area contributed by atoms with Crippen LogP contribution in [0.3, 0.4) is 0 Å². The smallest absolute Gasteiger partial charge is 0.177 e. The molecule has 18 heavy (non-hydrogen) atoms. The highest BCUT2D eigenvalue weighted by atomic mass is 16.5. The zero-order valence-corrected chi connectivity index (χ0v) is 11.2. The molecule has 3 heteroatoms. The normalized spacial score (nSPS) is 11.6. The molecule has 2 rings (SSSR count). The maximum Gasteiger partial charge on any atom is 0.177 e. The molecule has 0 N–H and O–H groups in total. The summed E-state index contributed by atoms with van der Waals surface area (Å²) in [5.74, 6) is 0.508. The zero-order chi connectivity index (χ0) is 13.3. The molecular formula is C15H17NO2. The van der Waals surface area contributed by atoms with Crippen molar-refractivity contribution < 1.29 is 9.32 Å². The van der Waals surface area contributed by atoms with Crippen molar-refractivity contribution in [3.63, 3.8) is 0 Å². The maximum absolute atomic E-state index is 11.4. The van der Waals surface area contributed by atoms with Crippen LogP contribution in [-0.4, -0.2) is 10.9 Å². The molecule has 0 saturated carbocycles. The lowest BCUT2D eigenvalue weighted by molar-refractivity contribution is 0.101. The van der Waals surface area contributed by atoms with Crippen LogP contribution in [0.4, 0.5) is 0 Å². The fraction of sp³-hybridized carbons (Fsp3) is 0.333. The molecule has 0 atom stereocenters. The van der Waals surface area contributed by atoms with Crippen LogP contribution in [0.5, 0.6) is 0 Å². The highest BCUT2D eigenvalue weighted by molar-refractivity contribution is 5.99. The number of hydrogen-bond donors (Lipinski definition) is 0. The van der Waals surface area contributed by atoms with Crippen LogP contribution in [0, 0.1) is 0 Å². The molecule has 94 valence electrons. The van der Waals surface area contributed by atoms with Crippen LogP contribution >= 0.6 is 0 Å². The number of benzene rings is 1. The van der Waals surface area contributed by atoms with Gasteiger partial charge in [-0.25, -0.2) is 0 Å². The summed E-state index contributed by atoms with van der Waals surface area (Å²) in [6.45, 7) is 8.01. The van der Waals surface area contributed by atoms with E-state index >= 15 is 0 Å². The second-order valence-corrected chi connectivity index (χ2v) is 5.45. The van der Waals surface area contributed by atoms with E-state index < -0.39 is 0 Å². The van der Waals surface area contributed by atoms with Crippen molar-refractivity contribution in [2.24, 2.45) is 0 Å². The molecule has 0 aliphatic carbocycles. The van der Waals surface area contributed by atoms with Crippen LogP contribution in [-0.2, 0) is 5.41 Å². The van der Waals surface area contributed by atoms with E-state index in [2.05, 4.69) is 38.1 Å². The number of Topliss-reactive ketones (excluding diaryl/α,β-unsaturated/α-hetero) is 1. The molecule has 0 fully saturated rings. The Morgan fingerprint density at radius 2 is 1.78 bits per heavy atom. The second kappa shape index (κ2) is 4.41. The maximum atomic E-state index is 11.4. The highest BCUT2D eigenvalue weighted by Gasteiger charge is 2.17. The summed E-state index contributed by atoms with van der Waals surface area (Å²) in [5.41, 5.74) is 2.77. The highest BCUT2D eigenvalue weighted by Crippen LogP contribution is 2.28. The van der Waals surface area contributed by atoms with E-state index in [1.54, 1.807) is 0 Å². The number of rotatable bonds is 2. The van der Waals surface area contributed by atoms with Crippen LogP contribution in [0.25, 0.3) is 11.3 Å². The van der Waals surface area contributed by atoms with Crippen molar-refractivity contribution in [3.8, 4) is 11.3 Å². The molecule has 0 unspecified atom stereocenters. The number of aromatic nitrogens is 1. The first kappa shape index (κ1) is 12.6. The minimum Gasteiger partial charge on any atom is -0.356 e. The Bertz CT molecular complexity index is 559. The van der Waals surface area contributed by atoms with Crippen molar-refractivity contribution in [2.75, 3.05) is 0 Å². The van der Waals surface area contributed by atoms with Gasteiger partial charge >= 0.3 is 0 Å². The first-order valence-electron chi connectivity index (χ1n) is 5.96. The van der Waals surface area contributed by atoms with Crippen molar-refractivity contribution >= 4 is 5.78 Å². The van der Waals surface area contributed by atoms with Crippen molar-refractivity contribution in [1.82, 2.24) is 5.16 Å². The van der Waals surface area contributed by atoms with Gasteiger partial charge in [0.1, 0.15) is 0 Å². The zero-order valence-electron chi connectivity index (χ0n) is 11.2. The predicted octanol–water partition coefficient (Wildman–Crippen LogP) is 3.84. The number of hydrogen-bond acceptors (Lipinski definition) is 3. The number of carbonyl (C=O) groups is 1. The Balaban J connectivity index is 2.41. The van der Waals surface area contributed by atoms with E-state index in [-0.39, 0.29) is 11.2 Å². The first-order chi connectivity index (χ1) is 8.39. The van der Waals surface area contributed by atoms with Gasteiger partial charge in [-0.15, -0.1) is 0 Å². The molecule has 1 aromatic carbocycles. The Labute approximate surface area is 107 Å². The number of carbonyl (C=O) groups excluding carboxylic acids is 1. The molecule has 0 radical (unpaired) electrons. The van der Waals surface area contributed by atoms with Crippen LogP contribution in [0.1, 0.15) is 43.6 Å². The fourth-order valence-corrected chi connectivity index (χ4v) is 1.82. The lowest BCUT2D eigenvalue weighted by Gasteiger charge is -2.18. The van der Waals surface area contributed by atoms with E-state index in [4.69, 9.17) is 4.52 Å². The van der Waals surface area contributed by atoms with Gasteiger partial charge in [0, 0.05) is 5.56 Å². The Hall–Kier alpha value is -1.90. The molecule has 0 spiro atoms. The van der Waals surface area contributed by atoms with Gasteiger partial charge in [0.15, 0.2) is 11.5 Å². The molecule has 0 saturated heterocycles. The Morgan fingerprint density at radius 1 is 1.17 bits per heavy atom. The lowest BCUT2D eigenvalue weighted by atomic mass is 9.86. The first-order valence-corrected chi connectivity index (χ1v) is 5.96. The topological polar surface area (TPSA) is 43.1 Å². The fourth-order valence-electron chi connectivity index (χ4n) is 1.82. The molecular weight excluding hydrogens is 226 g/mol. The minimum atomic E-state index is -0.0360. The molecule has 0 aliphatic rings. The quantitative estimate of drug-likeness (QED) is 0.752. The van der Waals surface area contributed by atoms with Crippen LogP contribution in [0.15, 0.2) is 35.0 Å². The molecule has 1 heterocycles. The van der Waals surface area contributed by atoms with Gasteiger partial charge in [0.05, 0.1) is 11.8 Å². The summed E-state index contributed by atoms with van der Waals surface area (Å²) in [7, 11) is 0. The Morgan fingerprint density at radius 3 is 2.28 bits per heavy atom. The SMILES string of the molecule is CC(=O)c1cnoc1-c1ccc(C(C)(C)C)cc1. The molecule has 3 nitrogen and oxygen atoms in total. The second-order valence-electron chi connectivity index (χ2n) is 5.45. The largest absolute Gasteiger partial charge is 0.356 e. The van der Waals surface area contributed by atoms with Gasteiger partial charge in [0.25, 0.3) is 0 Å². The molecule has 0 aliphatic heterocycles. The van der Waals surface area contributed by atoms with Gasteiger partial charge in [-0.3, -0.25) is 4.79 Å². The van der Waals surface area contributed by atoms with E-state index in [1.807, 2.05) is 12.1 Å². The minimum absolute atomic E-state index is 0.0360. The van der Waals surface area contributed by atoms with E-state index in [9.17, 15) is 4.79 Å². The third-order valence-electron chi connectivity index (χ3n) is 2.96. The standard InChI is InChI=1S/C15H17NO2/c1-10(17)13-9-16-18-14(13)11-5-7-12(8-6-11)15(2,3)4/h5-9H,1-4H3. The third kappa shape index (κ3) is 2.35. The van der Waals surface area contributed by atoms with Gasteiger partial charge in [0.2, 0.25) is 0 Å². The van der Waals surface area contributed by atoms with E-state index in [0.717, 1.165) is 5.56 Å². The van der Waals surface area contributed by atoms with Crippen LogP contribution < -0.4 is 0 Å². The monoisotopic (exact) mass is 243 g/mol. The average molecular weight is 243 g/mol. The summed E-state index contributed by atoms with van der Waals surface area (Å²) in [4.78, 5) is 11.4. The molecule has 0 amide bonds. The van der Waals surface area contributed by atoms with E-state index in [0.29, 0.717) is 11.3 Å². The summed E-state index contributed by atoms with van der Waals surface area (Å²) in [5, 5.41) is 3.70. The molecule has 0 bridgehead atoms. The van der Waals surface area contributed by atoms with Gasteiger partial charge < -0.3 is 4.52 Å². The van der Waals surface area contributed by atoms with Gasteiger partial charge in [-0.1, -0.05) is 50.2 Å². The summed E-state index contributed by atoms with van der Waals surface area (Å²) in [6, 6.07) is 8.05. The number of ketones is 1. The Kier molecular flexibility index (Phi) is 3.07.